The SMILES string of the molecule is CCCNC(=O)C1COCCN1CC(O)CC(=O)OCC. The molecule has 1 rings (SSSR count). The van der Waals surface area contributed by atoms with Crippen LogP contribution in [0, 0.1) is 0 Å². The topological polar surface area (TPSA) is 88.1 Å². The molecular formula is C14H26N2O5. The molecule has 0 saturated carbocycles. The van der Waals surface area contributed by atoms with Crippen molar-refractivity contribution in [1.82, 2.24) is 10.2 Å². The minimum atomic E-state index is -0.844. The van der Waals surface area contributed by atoms with Gasteiger partial charge in [-0.1, -0.05) is 6.92 Å². The van der Waals surface area contributed by atoms with Gasteiger partial charge < -0.3 is 19.9 Å². The highest BCUT2D eigenvalue weighted by molar-refractivity contribution is 5.82. The number of rotatable bonds is 8. The van der Waals surface area contributed by atoms with Crippen molar-refractivity contribution in [2.75, 3.05) is 39.5 Å². The standard InChI is InChI=1S/C14H26N2O5/c1-3-5-15-14(19)12-10-20-7-6-16(12)9-11(17)8-13(18)21-4-2/h11-12,17H,3-10H2,1-2H3,(H,15,19). The van der Waals surface area contributed by atoms with Crippen LogP contribution in [-0.2, 0) is 19.1 Å². The number of nitrogens with one attached hydrogen (secondary N) is 1. The van der Waals surface area contributed by atoms with Crippen LogP contribution in [0.3, 0.4) is 0 Å². The van der Waals surface area contributed by atoms with E-state index in [2.05, 4.69) is 5.32 Å². The quantitative estimate of drug-likeness (QED) is 0.589. The van der Waals surface area contributed by atoms with Gasteiger partial charge in [-0.25, -0.2) is 0 Å². The summed E-state index contributed by atoms with van der Waals surface area (Å²) in [5, 5.41) is 12.8. The Labute approximate surface area is 125 Å². The fraction of sp³-hybridized carbons (Fsp3) is 0.857. The van der Waals surface area contributed by atoms with E-state index in [1.807, 2.05) is 11.8 Å². The molecule has 7 heteroatoms. The molecule has 0 aliphatic carbocycles. The molecule has 7 nitrogen and oxygen atoms in total. The fourth-order valence-electron chi connectivity index (χ4n) is 2.21. The van der Waals surface area contributed by atoms with Gasteiger partial charge >= 0.3 is 5.97 Å². The minimum absolute atomic E-state index is 0.0610. The summed E-state index contributed by atoms with van der Waals surface area (Å²) in [5.41, 5.74) is 0. The third kappa shape index (κ3) is 6.41. The zero-order valence-corrected chi connectivity index (χ0v) is 12.8. The van der Waals surface area contributed by atoms with Crippen molar-refractivity contribution in [2.45, 2.75) is 38.8 Å². The summed E-state index contributed by atoms with van der Waals surface area (Å²) in [7, 11) is 0. The molecule has 0 radical (unpaired) electrons. The predicted molar refractivity (Wildman–Crippen MR) is 76.7 cm³/mol. The summed E-state index contributed by atoms with van der Waals surface area (Å²) in [6.45, 7) is 6.26. The Kier molecular flexibility index (Phi) is 8.26. The molecule has 0 bridgehead atoms. The highest BCUT2D eigenvalue weighted by atomic mass is 16.5. The summed E-state index contributed by atoms with van der Waals surface area (Å²) in [6, 6.07) is -0.415. The molecule has 1 aliphatic heterocycles. The Balaban J connectivity index is 2.48. The maximum Gasteiger partial charge on any atom is 0.308 e. The first-order valence-electron chi connectivity index (χ1n) is 7.51. The molecule has 2 atom stereocenters. The lowest BCUT2D eigenvalue weighted by Gasteiger charge is -2.35. The highest BCUT2D eigenvalue weighted by Crippen LogP contribution is 2.10. The van der Waals surface area contributed by atoms with Gasteiger partial charge in [-0.15, -0.1) is 0 Å². The molecule has 122 valence electrons. The first kappa shape index (κ1) is 17.9. The van der Waals surface area contributed by atoms with Gasteiger partial charge in [-0.05, 0) is 13.3 Å². The molecule has 0 aromatic carbocycles. The van der Waals surface area contributed by atoms with Crippen LogP contribution < -0.4 is 5.32 Å². The summed E-state index contributed by atoms with van der Waals surface area (Å²) in [6.07, 6.45) is -0.0390. The van der Waals surface area contributed by atoms with Crippen molar-refractivity contribution in [3.63, 3.8) is 0 Å². The number of morpholine rings is 1. The van der Waals surface area contributed by atoms with Crippen molar-refractivity contribution >= 4 is 11.9 Å². The van der Waals surface area contributed by atoms with Crippen LogP contribution in [0.2, 0.25) is 0 Å². The summed E-state index contributed by atoms with van der Waals surface area (Å²) < 4.78 is 10.1. The zero-order chi connectivity index (χ0) is 15.7. The number of esters is 1. The molecule has 21 heavy (non-hydrogen) atoms. The van der Waals surface area contributed by atoms with Gasteiger partial charge in [0.15, 0.2) is 0 Å². The second kappa shape index (κ2) is 9.70. The van der Waals surface area contributed by atoms with Crippen LogP contribution in [0.4, 0.5) is 0 Å². The van der Waals surface area contributed by atoms with Gasteiger partial charge in [-0.2, -0.15) is 0 Å². The van der Waals surface area contributed by atoms with Crippen LogP contribution in [0.15, 0.2) is 0 Å². The Bertz CT molecular complexity index is 337. The third-order valence-electron chi connectivity index (χ3n) is 3.24. The highest BCUT2D eigenvalue weighted by Gasteiger charge is 2.30. The van der Waals surface area contributed by atoms with Gasteiger partial charge in [0.05, 0.1) is 32.3 Å². The van der Waals surface area contributed by atoms with E-state index in [-0.39, 0.29) is 18.9 Å². The summed E-state index contributed by atoms with van der Waals surface area (Å²) in [4.78, 5) is 25.3. The van der Waals surface area contributed by atoms with E-state index < -0.39 is 18.1 Å². The van der Waals surface area contributed by atoms with E-state index in [1.165, 1.54) is 0 Å². The first-order chi connectivity index (χ1) is 10.1. The van der Waals surface area contributed by atoms with Crippen molar-refractivity contribution in [2.24, 2.45) is 0 Å². The Hall–Kier alpha value is -1.18. The predicted octanol–water partition coefficient (Wildman–Crippen LogP) is -0.472. The molecule has 0 spiro atoms. The first-order valence-corrected chi connectivity index (χ1v) is 7.51. The number of β-amino-alcohol motifs (C(OH)–C–C–N with tert-alkyl or cyclic N) is 1. The van der Waals surface area contributed by atoms with Crippen molar-refractivity contribution in [3.05, 3.63) is 0 Å². The maximum absolute atomic E-state index is 12.1. The molecule has 2 N–H and O–H groups in total. The number of amides is 1. The van der Waals surface area contributed by atoms with Crippen molar-refractivity contribution < 1.29 is 24.2 Å². The smallest absolute Gasteiger partial charge is 0.308 e. The van der Waals surface area contributed by atoms with Crippen LogP contribution in [0.25, 0.3) is 0 Å². The monoisotopic (exact) mass is 302 g/mol. The van der Waals surface area contributed by atoms with E-state index >= 15 is 0 Å². The largest absolute Gasteiger partial charge is 0.466 e. The number of carbonyl (C=O) groups excluding carboxylic acids is 2. The molecule has 0 aromatic rings. The molecule has 2 unspecified atom stereocenters. The normalized spacial score (nSPS) is 20.8. The molecule has 1 heterocycles. The van der Waals surface area contributed by atoms with Crippen molar-refractivity contribution in [3.8, 4) is 0 Å². The van der Waals surface area contributed by atoms with E-state index in [0.717, 1.165) is 6.42 Å². The second-order valence-corrected chi connectivity index (χ2v) is 5.04. The number of aliphatic hydroxyl groups excluding tert-OH is 1. The zero-order valence-electron chi connectivity index (χ0n) is 12.8. The molecule has 1 aliphatic rings. The summed E-state index contributed by atoms with van der Waals surface area (Å²) in [5.74, 6) is -0.523. The van der Waals surface area contributed by atoms with E-state index in [0.29, 0.717) is 32.9 Å². The van der Waals surface area contributed by atoms with Crippen LogP contribution >= 0.6 is 0 Å². The number of hydrogen-bond donors (Lipinski definition) is 2. The lowest BCUT2D eigenvalue weighted by molar-refractivity contribution is -0.146. The van der Waals surface area contributed by atoms with E-state index in [1.54, 1.807) is 6.92 Å². The van der Waals surface area contributed by atoms with E-state index in [9.17, 15) is 14.7 Å². The number of hydrogen-bond acceptors (Lipinski definition) is 6. The van der Waals surface area contributed by atoms with Gasteiger partial charge in [-0.3, -0.25) is 14.5 Å². The third-order valence-corrected chi connectivity index (χ3v) is 3.24. The molecular weight excluding hydrogens is 276 g/mol. The van der Waals surface area contributed by atoms with Crippen LogP contribution in [0.1, 0.15) is 26.7 Å². The minimum Gasteiger partial charge on any atom is -0.466 e. The lowest BCUT2D eigenvalue weighted by Crippen LogP contribution is -2.55. The molecule has 0 aromatic heterocycles. The average Bonchev–Trinajstić information content (AvgIpc) is 2.45. The second-order valence-electron chi connectivity index (χ2n) is 5.04. The number of aliphatic hydroxyl groups is 1. The summed E-state index contributed by atoms with van der Waals surface area (Å²) >= 11 is 0. The van der Waals surface area contributed by atoms with Gasteiger partial charge in [0.2, 0.25) is 5.91 Å². The molecule has 1 fully saturated rings. The van der Waals surface area contributed by atoms with Gasteiger partial charge in [0, 0.05) is 19.6 Å². The Morgan fingerprint density at radius 1 is 1.48 bits per heavy atom. The number of ether oxygens (including phenoxy) is 2. The molecule has 1 amide bonds. The van der Waals surface area contributed by atoms with Gasteiger partial charge in [0.25, 0.3) is 0 Å². The van der Waals surface area contributed by atoms with Gasteiger partial charge in [0.1, 0.15) is 6.04 Å². The number of nitrogens with zero attached hydrogens (tertiary/aromatic N) is 1. The Morgan fingerprint density at radius 2 is 2.24 bits per heavy atom. The fourth-order valence-corrected chi connectivity index (χ4v) is 2.21. The van der Waals surface area contributed by atoms with Crippen LogP contribution in [-0.4, -0.2) is 73.5 Å². The number of carbonyl (C=O) groups is 2. The van der Waals surface area contributed by atoms with E-state index in [4.69, 9.17) is 9.47 Å². The lowest BCUT2D eigenvalue weighted by atomic mass is 10.1. The average molecular weight is 302 g/mol. The Morgan fingerprint density at radius 3 is 2.90 bits per heavy atom. The molecule has 1 saturated heterocycles. The maximum atomic E-state index is 12.1. The van der Waals surface area contributed by atoms with Crippen molar-refractivity contribution in [1.29, 1.82) is 0 Å². The van der Waals surface area contributed by atoms with Crippen LogP contribution in [0.5, 0.6) is 0 Å².